The highest BCUT2D eigenvalue weighted by molar-refractivity contribution is 5.94. The van der Waals surface area contributed by atoms with Gasteiger partial charge >= 0.3 is 12.1 Å². The molecule has 0 aromatic rings. The van der Waals surface area contributed by atoms with Crippen LogP contribution in [-0.2, 0) is 19.2 Å². The van der Waals surface area contributed by atoms with Gasteiger partial charge in [-0.2, -0.15) is 13.2 Å². The van der Waals surface area contributed by atoms with Crippen molar-refractivity contribution in [3.05, 3.63) is 0 Å². The van der Waals surface area contributed by atoms with Crippen molar-refractivity contribution in [2.45, 2.75) is 108 Å². The molecule has 4 rings (SSSR count). The molecule has 2 saturated carbocycles. The van der Waals surface area contributed by atoms with E-state index in [1.54, 1.807) is 20.8 Å². The summed E-state index contributed by atoms with van der Waals surface area (Å²) in [5, 5.41) is 7.70. The van der Waals surface area contributed by atoms with E-state index in [0.29, 0.717) is 12.8 Å². The fourth-order valence-corrected chi connectivity index (χ4v) is 6.41. The fourth-order valence-electron chi connectivity index (χ4n) is 6.41. The first-order valence-electron chi connectivity index (χ1n) is 13.3. The van der Waals surface area contributed by atoms with Crippen molar-refractivity contribution in [2.75, 3.05) is 6.54 Å². The molecule has 2 aliphatic carbocycles. The number of hydrogen-bond donors (Lipinski definition) is 3. The zero-order valence-electron chi connectivity index (χ0n) is 22.2. The number of nitrogens with one attached hydrogen (secondary N) is 3. The van der Waals surface area contributed by atoms with Gasteiger partial charge in [0.15, 0.2) is 0 Å². The van der Waals surface area contributed by atoms with Crippen LogP contribution in [0.1, 0.15) is 78.6 Å². The van der Waals surface area contributed by atoms with Crippen molar-refractivity contribution in [2.24, 2.45) is 16.7 Å². The highest BCUT2D eigenvalue weighted by atomic mass is 19.4. The summed E-state index contributed by atoms with van der Waals surface area (Å²) < 4.78 is 39.2. The molecular formula is C27H37F3N4O4. The summed E-state index contributed by atoms with van der Waals surface area (Å²) in [7, 11) is 0. The number of likely N-dealkylation sites (tertiary alicyclic amines) is 1. The van der Waals surface area contributed by atoms with Gasteiger partial charge in [-0.1, -0.05) is 39.5 Å². The Hall–Kier alpha value is -2.77. The lowest BCUT2D eigenvalue weighted by atomic mass is 9.83. The molecule has 2 saturated heterocycles. The van der Waals surface area contributed by atoms with Gasteiger partial charge in [0, 0.05) is 18.0 Å². The van der Waals surface area contributed by atoms with E-state index in [-0.39, 0.29) is 35.7 Å². The van der Waals surface area contributed by atoms with Crippen LogP contribution in [0.3, 0.4) is 0 Å². The Bertz CT molecular complexity index is 1030. The second-order valence-corrected chi connectivity index (χ2v) is 12.8. The van der Waals surface area contributed by atoms with Crippen molar-refractivity contribution < 1.29 is 32.3 Å². The van der Waals surface area contributed by atoms with Gasteiger partial charge in [-0.05, 0) is 55.8 Å². The van der Waals surface area contributed by atoms with Gasteiger partial charge in [0.2, 0.25) is 17.7 Å². The Morgan fingerprint density at radius 2 is 1.74 bits per heavy atom. The highest BCUT2D eigenvalue weighted by Crippen LogP contribution is 2.49. The molecule has 2 aliphatic heterocycles. The predicted octanol–water partition coefficient (Wildman–Crippen LogP) is 2.42. The van der Waals surface area contributed by atoms with Gasteiger partial charge in [-0.15, -0.1) is 6.42 Å². The highest BCUT2D eigenvalue weighted by Gasteiger charge is 2.54. The Balaban J connectivity index is 1.52. The number of carbonyl (C=O) groups is 4. The summed E-state index contributed by atoms with van der Waals surface area (Å²) in [4.78, 5) is 52.8. The van der Waals surface area contributed by atoms with Crippen LogP contribution in [0.15, 0.2) is 0 Å². The molecule has 0 aromatic heterocycles. The van der Waals surface area contributed by atoms with E-state index < -0.39 is 47.4 Å². The van der Waals surface area contributed by atoms with Crippen LogP contribution in [-0.4, -0.2) is 64.9 Å². The van der Waals surface area contributed by atoms with Gasteiger partial charge < -0.3 is 20.9 Å². The molecule has 2 spiro atoms. The molecule has 3 N–H and O–H groups in total. The van der Waals surface area contributed by atoms with Crippen molar-refractivity contribution in [3.8, 4) is 12.3 Å². The summed E-state index contributed by atoms with van der Waals surface area (Å²) in [6, 6.07) is -3.15. The van der Waals surface area contributed by atoms with E-state index in [0.717, 1.165) is 38.5 Å². The maximum atomic E-state index is 13.7. The second kappa shape index (κ2) is 9.76. The third-order valence-corrected chi connectivity index (χ3v) is 8.69. The Morgan fingerprint density at radius 3 is 2.24 bits per heavy atom. The maximum absolute atomic E-state index is 13.7. The Morgan fingerprint density at radius 1 is 1.11 bits per heavy atom. The molecule has 38 heavy (non-hydrogen) atoms. The molecule has 11 heteroatoms. The average Bonchev–Trinajstić information content (AvgIpc) is 3.15. The third kappa shape index (κ3) is 5.79. The van der Waals surface area contributed by atoms with E-state index >= 15 is 0 Å². The summed E-state index contributed by atoms with van der Waals surface area (Å²) in [5.41, 5.74) is -1.47. The monoisotopic (exact) mass is 538 g/mol. The topological polar surface area (TPSA) is 108 Å². The molecule has 8 nitrogen and oxygen atoms in total. The first kappa shape index (κ1) is 28.2. The van der Waals surface area contributed by atoms with Crippen LogP contribution in [0, 0.1) is 29.1 Å². The first-order chi connectivity index (χ1) is 17.6. The number of terminal acetylenes is 1. The molecule has 0 radical (unpaired) electrons. The number of amides is 4. The van der Waals surface area contributed by atoms with E-state index in [1.807, 2.05) is 5.32 Å². The molecular weight excluding hydrogens is 501 g/mol. The van der Waals surface area contributed by atoms with Gasteiger partial charge in [0.1, 0.15) is 12.1 Å². The smallest absolute Gasteiger partial charge is 0.350 e. The maximum Gasteiger partial charge on any atom is 0.471 e. The number of nitrogens with zero attached hydrogens (tertiary/aromatic N) is 1. The molecule has 4 atom stereocenters. The Labute approximate surface area is 221 Å². The lowest BCUT2D eigenvalue weighted by molar-refractivity contribution is -0.176. The standard InChI is InChI=1S/C27H37F3N4O4/c1-5-17(12-16-13-26(10-11-26)33-20(16)35)31-21(36)18-14-25(8-6-7-9-25)15-34(18)22(37)19(24(2,3)4)32-23(38)27(28,29)30/h1,16-19H,6-15H2,2-4H3,(H,31,36)(H,32,38)(H,33,35)/t16-,17-,18+,19-/m1/s1. The zero-order valence-corrected chi connectivity index (χ0v) is 22.2. The molecule has 0 aromatic carbocycles. The summed E-state index contributed by atoms with van der Waals surface area (Å²) in [6.07, 6.45) is 7.23. The molecule has 0 bridgehead atoms. The van der Waals surface area contributed by atoms with E-state index in [2.05, 4.69) is 16.6 Å². The minimum Gasteiger partial charge on any atom is -0.350 e. The summed E-state index contributed by atoms with van der Waals surface area (Å²) >= 11 is 0. The molecule has 4 aliphatic rings. The van der Waals surface area contributed by atoms with Crippen LogP contribution in [0.2, 0.25) is 0 Å². The lowest BCUT2D eigenvalue weighted by Gasteiger charge is -2.36. The van der Waals surface area contributed by atoms with Gasteiger partial charge in [0.25, 0.3) is 0 Å². The number of halogens is 3. The van der Waals surface area contributed by atoms with E-state index in [1.165, 1.54) is 4.90 Å². The van der Waals surface area contributed by atoms with E-state index in [4.69, 9.17) is 6.42 Å². The minimum absolute atomic E-state index is 0.0759. The van der Waals surface area contributed by atoms with E-state index in [9.17, 15) is 32.3 Å². The van der Waals surface area contributed by atoms with Crippen molar-refractivity contribution >= 4 is 23.6 Å². The minimum atomic E-state index is -5.15. The van der Waals surface area contributed by atoms with Gasteiger partial charge in [0.05, 0.1) is 6.04 Å². The van der Waals surface area contributed by atoms with Crippen molar-refractivity contribution in [3.63, 3.8) is 0 Å². The number of carbonyl (C=O) groups excluding carboxylic acids is 4. The normalized spacial score (nSPS) is 27.1. The fraction of sp³-hybridized carbons (Fsp3) is 0.778. The van der Waals surface area contributed by atoms with Crippen LogP contribution in [0.4, 0.5) is 13.2 Å². The molecule has 2 heterocycles. The second-order valence-electron chi connectivity index (χ2n) is 12.8. The Kier molecular flexibility index (Phi) is 7.25. The first-order valence-corrected chi connectivity index (χ1v) is 13.3. The molecule has 0 unspecified atom stereocenters. The van der Waals surface area contributed by atoms with Crippen LogP contribution in [0.5, 0.6) is 0 Å². The summed E-state index contributed by atoms with van der Waals surface area (Å²) in [5.74, 6) is -1.25. The molecule has 4 fully saturated rings. The third-order valence-electron chi connectivity index (χ3n) is 8.69. The van der Waals surface area contributed by atoms with Gasteiger partial charge in [-0.3, -0.25) is 19.2 Å². The number of hydrogen-bond acceptors (Lipinski definition) is 4. The van der Waals surface area contributed by atoms with Crippen LogP contribution in [0.25, 0.3) is 0 Å². The largest absolute Gasteiger partial charge is 0.471 e. The zero-order chi connectivity index (χ0) is 28.1. The summed E-state index contributed by atoms with van der Waals surface area (Å²) in [6.45, 7) is 4.93. The molecule has 210 valence electrons. The van der Waals surface area contributed by atoms with Gasteiger partial charge in [-0.25, -0.2) is 0 Å². The SMILES string of the molecule is C#C[C@H](C[C@@H]1CC2(CC2)NC1=O)NC(=O)[C@@H]1CC2(CCCC2)CN1C(=O)[C@@H](NC(=O)C(F)(F)F)C(C)(C)C. The van der Waals surface area contributed by atoms with Crippen LogP contribution >= 0.6 is 0 Å². The quantitative estimate of drug-likeness (QED) is 0.452. The van der Waals surface area contributed by atoms with Crippen molar-refractivity contribution in [1.29, 1.82) is 0 Å². The van der Waals surface area contributed by atoms with Crippen molar-refractivity contribution in [1.82, 2.24) is 20.9 Å². The number of rotatable bonds is 6. The predicted molar refractivity (Wildman–Crippen MR) is 132 cm³/mol. The lowest BCUT2D eigenvalue weighted by Crippen LogP contribution is -2.59. The van der Waals surface area contributed by atoms with Crippen LogP contribution < -0.4 is 16.0 Å². The number of alkyl halides is 3. The molecule has 4 amide bonds. The average molecular weight is 539 g/mol.